The van der Waals surface area contributed by atoms with Crippen molar-refractivity contribution < 1.29 is 24.2 Å². The molecule has 3 rings (SSSR count). The van der Waals surface area contributed by atoms with Gasteiger partial charge >= 0.3 is 0 Å². The third-order valence-corrected chi connectivity index (χ3v) is 5.16. The lowest BCUT2D eigenvalue weighted by Crippen LogP contribution is -2.33. The predicted octanol–water partition coefficient (Wildman–Crippen LogP) is 4.09. The van der Waals surface area contributed by atoms with Gasteiger partial charge in [-0.2, -0.15) is 0 Å². The summed E-state index contributed by atoms with van der Waals surface area (Å²) in [5, 5.41) is 11.1. The fourth-order valence-electron chi connectivity index (χ4n) is 3.71. The van der Waals surface area contributed by atoms with Crippen molar-refractivity contribution in [3.05, 3.63) is 64.7 Å². The minimum Gasteiger partial charge on any atom is -0.507 e. The van der Waals surface area contributed by atoms with Crippen LogP contribution in [0.4, 0.5) is 0 Å². The third kappa shape index (κ3) is 3.90. The number of ether oxygens (including phenoxy) is 2. The zero-order valence-corrected chi connectivity index (χ0v) is 17.9. The standard InChI is InChI=1S/C24H27NO5/c1-14(2)13-25-21(18-12-17(29-4)10-11-19(18)30-5)20(23(27)24(25)28)22(26)16-8-6-15(3)7-9-16/h6-12,14,21,26H,13H2,1-5H3/b22-20+. The lowest BCUT2D eigenvalue weighted by Gasteiger charge is -2.28. The Balaban J connectivity index is 2.27. The quantitative estimate of drug-likeness (QED) is 0.442. The van der Waals surface area contributed by atoms with Crippen molar-refractivity contribution in [2.45, 2.75) is 26.8 Å². The fraction of sp³-hybridized carbons (Fsp3) is 0.333. The van der Waals surface area contributed by atoms with Crippen LogP contribution in [0.3, 0.4) is 0 Å². The molecule has 2 aromatic carbocycles. The molecule has 1 aliphatic heterocycles. The first kappa shape index (κ1) is 21.4. The van der Waals surface area contributed by atoms with E-state index in [1.165, 1.54) is 12.0 Å². The molecule has 1 heterocycles. The molecule has 158 valence electrons. The van der Waals surface area contributed by atoms with Crippen LogP contribution in [0.1, 0.15) is 36.6 Å². The Labute approximate surface area is 176 Å². The number of methoxy groups -OCH3 is 2. The number of benzene rings is 2. The van der Waals surface area contributed by atoms with Gasteiger partial charge in [-0.1, -0.05) is 43.7 Å². The van der Waals surface area contributed by atoms with Crippen molar-refractivity contribution in [2.75, 3.05) is 20.8 Å². The summed E-state index contributed by atoms with van der Waals surface area (Å²) < 4.78 is 10.9. The first-order valence-electron chi connectivity index (χ1n) is 9.85. The molecule has 0 radical (unpaired) electrons. The first-order valence-corrected chi connectivity index (χ1v) is 9.85. The summed E-state index contributed by atoms with van der Waals surface area (Å²) in [6, 6.07) is 11.6. The van der Waals surface area contributed by atoms with E-state index >= 15 is 0 Å². The van der Waals surface area contributed by atoms with Crippen LogP contribution < -0.4 is 9.47 Å². The fourth-order valence-corrected chi connectivity index (χ4v) is 3.71. The number of aliphatic hydroxyl groups is 1. The minimum absolute atomic E-state index is 0.0519. The SMILES string of the molecule is COc1ccc(OC)c(C2/C(=C(\O)c3ccc(C)cc3)C(=O)C(=O)N2CC(C)C)c1. The summed E-state index contributed by atoms with van der Waals surface area (Å²) in [5.74, 6) is -0.338. The summed E-state index contributed by atoms with van der Waals surface area (Å²) in [6.45, 7) is 6.24. The van der Waals surface area contributed by atoms with Crippen LogP contribution in [-0.2, 0) is 9.59 Å². The average Bonchev–Trinajstić information content (AvgIpc) is 2.97. The number of likely N-dealkylation sites (tertiary alicyclic amines) is 1. The Hall–Kier alpha value is -3.28. The van der Waals surface area contributed by atoms with E-state index in [2.05, 4.69) is 0 Å². The van der Waals surface area contributed by atoms with Gasteiger partial charge in [-0.25, -0.2) is 0 Å². The van der Waals surface area contributed by atoms with Crippen molar-refractivity contribution in [1.29, 1.82) is 0 Å². The van der Waals surface area contributed by atoms with Crippen LogP contribution in [0.15, 0.2) is 48.0 Å². The molecule has 0 aliphatic carbocycles. The van der Waals surface area contributed by atoms with Gasteiger partial charge in [0.25, 0.3) is 11.7 Å². The molecule has 1 saturated heterocycles. The minimum atomic E-state index is -0.779. The molecule has 30 heavy (non-hydrogen) atoms. The normalized spacial score (nSPS) is 18.2. The molecule has 0 spiro atoms. The highest BCUT2D eigenvalue weighted by Crippen LogP contribution is 2.44. The van der Waals surface area contributed by atoms with Gasteiger partial charge < -0.3 is 19.5 Å². The lowest BCUT2D eigenvalue weighted by molar-refractivity contribution is -0.140. The molecule has 1 amide bonds. The summed E-state index contributed by atoms with van der Waals surface area (Å²) in [4.78, 5) is 27.5. The topological polar surface area (TPSA) is 76.1 Å². The molecule has 0 saturated carbocycles. The molecule has 2 aromatic rings. The first-order chi connectivity index (χ1) is 14.3. The number of ketones is 1. The Morgan fingerprint density at radius 3 is 2.30 bits per heavy atom. The second-order valence-electron chi connectivity index (χ2n) is 7.82. The number of amides is 1. The third-order valence-electron chi connectivity index (χ3n) is 5.16. The van der Waals surface area contributed by atoms with Crippen LogP contribution in [0, 0.1) is 12.8 Å². The smallest absolute Gasteiger partial charge is 0.295 e. The van der Waals surface area contributed by atoms with Gasteiger partial charge in [0.1, 0.15) is 17.3 Å². The molecule has 1 atom stereocenters. The molecule has 1 unspecified atom stereocenters. The Morgan fingerprint density at radius 1 is 1.07 bits per heavy atom. The number of carbonyl (C=O) groups is 2. The summed E-state index contributed by atoms with van der Waals surface area (Å²) in [5.41, 5.74) is 2.15. The van der Waals surface area contributed by atoms with Crippen molar-refractivity contribution in [1.82, 2.24) is 4.90 Å². The van der Waals surface area contributed by atoms with Crippen LogP contribution in [0.2, 0.25) is 0 Å². The van der Waals surface area contributed by atoms with Gasteiger partial charge in [0, 0.05) is 17.7 Å². The molecular formula is C24H27NO5. The predicted molar refractivity (Wildman–Crippen MR) is 115 cm³/mol. The molecule has 6 nitrogen and oxygen atoms in total. The van der Waals surface area contributed by atoms with E-state index in [1.807, 2.05) is 32.9 Å². The number of aliphatic hydroxyl groups excluding tert-OH is 1. The van der Waals surface area contributed by atoms with Crippen molar-refractivity contribution >= 4 is 17.4 Å². The van der Waals surface area contributed by atoms with Crippen molar-refractivity contribution in [2.24, 2.45) is 5.92 Å². The number of rotatable bonds is 6. The van der Waals surface area contributed by atoms with Gasteiger partial charge in [-0.3, -0.25) is 9.59 Å². The number of nitrogens with zero attached hydrogens (tertiary/aromatic N) is 1. The zero-order chi connectivity index (χ0) is 22.0. The Morgan fingerprint density at radius 2 is 1.73 bits per heavy atom. The highest BCUT2D eigenvalue weighted by molar-refractivity contribution is 6.46. The summed E-state index contributed by atoms with van der Waals surface area (Å²) >= 11 is 0. The van der Waals surface area contributed by atoms with E-state index in [9.17, 15) is 14.7 Å². The lowest BCUT2D eigenvalue weighted by atomic mass is 9.94. The van der Waals surface area contributed by atoms with E-state index in [-0.39, 0.29) is 17.3 Å². The molecule has 1 fully saturated rings. The summed E-state index contributed by atoms with van der Waals surface area (Å²) in [7, 11) is 3.07. The van der Waals surface area contributed by atoms with Gasteiger partial charge in [0.05, 0.1) is 25.8 Å². The Bertz CT molecular complexity index is 991. The maximum Gasteiger partial charge on any atom is 0.295 e. The number of hydrogen-bond donors (Lipinski definition) is 1. The second-order valence-corrected chi connectivity index (χ2v) is 7.82. The molecule has 0 aromatic heterocycles. The second kappa shape index (κ2) is 8.61. The maximum absolute atomic E-state index is 13.0. The van der Waals surface area contributed by atoms with Gasteiger partial charge in [0.15, 0.2) is 0 Å². The van der Waals surface area contributed by atoms with E-state index < -0.39 is 17.7 Å². The maximum atomic E-state index is 13.0. The molecular weight excluding hydrogens is 382 g/mol. The average molecular weight is 409 g/mol. The van der Waals surface area contributed by atoms with E-state index in [0.29, 0.717) is 29.2 Å². The van der Waals surface area contributed by atoms with Crippen molar-refractivity contribution in [3.63, 3.8) is 0 Å². The highest BCUT2D eigenvalue weighted by Gasteiger charge is 2.47. The molecule has 0 bridgehead atoms. The van der Waals surface area contributed by atoms with Crippen LogP contribution in [0.5, 0.6) is 11.5 Å². The van der Waals surface area contributed by atoms with E-state index in [0.717, 1.165) is 5.56 Å². The number of Topliss-reactive ketones (excluding diaryl/α,β-unsaturated/α-hetero) is 1. The monoisotopic (exact) mass is 409 g/mol. The summed E-state index contributed by atoms with van der Waals surface area (Å²) in [6.07, 6.45) is 0. The highest BCUT2D eigenvalue weighted by atomic mass is 16.5. The van der Waals surface area contributed by atoms with Crippen LogP contribution >= 0.6 is 0 Å². The van der Waals surface area contributed by atoms with E-state index in [1.54, 1.807) is 37.4 Å². The molecule has 1 aliphatic rings. The van der Waals surface area contributed by atoms with Gasteiger partial charge in [-0.15, -0.1) is 0 Å². The van der Waals surface area contributed by atoms with Crippen LogP contribution in [-0.4, -0.2) is 42.5 Å². The van der Waals surface area contributed by atoms with Gasteiger partial charge in [-0.05, 0) is 31.0 Å². The van der Waals surface area contributed by atoms with Crippen LogP contribution in [0.25, 0.3) is 5.76 Å². The molecule has 1 N–H and O–H groups in total. The van der Waals surface area contributed by atoms with Crippen molar-refractivity contribution in [3.8, 4) is 11.5 Å². The van der Waals surface area contributed by atoms with E-state index in [4.69, 9.17) is 9.47 Å². The number of carbonyl (C=O) groups excluding carboxylic acids is 2. The Kier molecular flexibility index (Phi) is 6.15. The molecule has 6 heteroatoms. The zero-order valence-electron chi connectivity index (χ0n) is 17.9. The number of aryl methyl sites for hydroxylation is 1. The number of hydrogen-bond acceptors (Lipinski definition) is 5. The largest absolute Gasteiger partial charge is 0.507 e. The van der Waals surface area contributed by atoms with Gasteiger partial charge in [0.2, 0.25) is 0 Å².